The summed E-state index contributed by atoms with van der Waals surface area (Å²) in [4.78, 5) is 24.0. The minimum absolute atomic E-state index is 0.629. The first-order valence-corrected chi connectivity index (χ1v) is 9.05. The first-order chi connectivity index (χ1) is 12.2. The van der Waals surface area contributed by atoms with Gasteiger partial charge in [0.2, 0.25) is 5.95 Å². The van der Waals surface area contributed by atoms with Crippen molar-refractivity contribution in [2.45, 2.75) is 0 Å². The van der Waals surface area contributed by atoms with Crippen LogP contribution in [0.4, 0.5) is 5.95 Å². The predicted octanol–water partition coefficient (Wildman–Crippen LogP) is 2.75. The van der Waals surface area contributed by atoms with Crippen LogP contribution in [0, 0.1) is 0 Å². The smallest absolute Gasteiger partial charge is 0.238 e. The number of piperazine rings is 1. The van der Waals surface area contributed by atoms with Gasteiger partial charge in [-0.05, 0) is 36.9 Å². The van der Waals surface area contributed by atoms with Crippen molar-refractivity contribution in [3.8, 4) is 10.4 Å². The van der Waals surface area contributed by atoms with Gasteiger partial charge >= 0.3 is 0 Å². The summed E-state index contributed by atoms with van der Waals surface area (Å²) < 4.78 is 0. The molecule has 1 fully saturated rings. The maximum atomic E-state index is 10.9. The van der Waals surface area contributed by atoms with Crippen molar-refractivity contribution < 1.29 is 4.79 Å². The topological polar surface area (TPSA) is 61.4 Å². The number of benzene rings is 1. The number of anilines is 1. The Kier molecular flexibility index (Phi) is 4.44. The Morgan fingerprint density at radius 2 is 2.00 bits per heavy atom. The van der Waals surface area contributed by atoms with Crippen LogP contribution in [0.2, 0.25) is 0 Å². The zero-order chi connectivity index (χ0) is 17.2. The van der Waals surface area contributed by atoms with Crippen LogP contribution in [0.3, 0.4) is 0 Å². The highest BCUT2D eigenvalue weighted by Crippen LogP contribution is 2.29. The number of rotatable bonds is 4. The number of nitrogens with one attached hydrogen (secondary N) is 1. The number of likely N-dealkylation sites (N-methyl/N-ethyl adjacent to an activating group) is 1. The lowest BCUT2D eigenvalue weighted by Gasteiger charge is -2.32. The van der Waals surface area contributed by atoms with Crippen LogP contribution in [0.15, 0.2) is 36.5 Å². The molecule has 0 saturated carbocycles. The van der Waals surface area contributed by atoms with E-state index in [1.165, 1.54) is 11.3 Å². The number of thiophene rings is 1. The summed E-state index contributed by atoms with van der Waals surface area (Å²) in [6.45, 7) is 3.98. The van der Waals surface area contributed by atoms with E-state index in [-0.39, 0.29) is 0 Å². The van der Waals surface area contributed by atoms with Crippen molar-refractivity contribution >= 4 is 34.5 Å². The summed E-state index contributed by atoms with van der Waals surface area (Å²) >= 11 is 1.49. The van der Waals surface area contributed by atoms with Crippen molar-refractivity contribution in [1.82, 2.24) is 19.9 Å². The molecule has 1 aliphatic heterocycles. The Morgan fingerprint density at radius 1 is 1.16 bits per heavy atom. The number of hydrogen-bond acceptors (Lipinski definition) is 7. The molecule has 7 heteroatoms. The first-order valence-electron chi connectivity index (χ1n) is 8.23. The molecule has 0 spiro atoms. The Balaban J connectivity index is 1.55. The zero-order valence-corrected chi connectivity index (χ0v) is 14.8. The Bertz CT molecular complexity index is 901. The number of carbonyl (C=O) groups is 1. The molecule has 1 N–H and O–H groups in total. The van der Waals surface area contributed by atoms with Crippen LogP contribution in [-0.4, -0.2) is 59.4 Å². The molecule has 0 amide bonds. The Labute approximate surface area is 150 Å². The third-order valence-corrected chi connectivity index (χ3v) is 5.43. The molecule has 4 rings (SSSR count). The van der Waals surface area contributed by atoms with E-state index in [0.717, 1.165) is 58.7 Å². The van der Waals surface area contributed by atoms with Gasteiger partial charge in [0.25, 0.3) is 0 Å². The first kappa shape index (κ1) is 16.1. The van der Waals surface area contributed by atoms with E-state index < -0.39 is 0 Å². The van der Waals surface area contributed by atoms with Crippen LogP contribution in [0.1, 0.15) is 9.67 Å². The third kappa shape index (κ3) is 3.53. The van der Waals surface area contributed by atoms with Gasteiger partial charge in [0.1, 0.15) is 0 Å². The fraction of sp³-hybridized carbons (Fsp3) is 0.278. The molecule has 0 aliphatic carbocycles. The predicted molar refractivity (Wildman–Crippen MR) is 101 cm³/mol. The van der Waals surface area contributed by atoms with Gasteiger partial charge < -0.3 is 4.90 Å². The van der Waals surface area contributed by atoms with Crippen molar-refractivity contribution in [1.29, 1.82) is 0 Å². The largest absolute Gasteiger partial charge is 0.304 e. The number of hydrogen-bond donors (Lipinski definition) is 1. The second-order valence-electron chi connectivity index (χ2n) is 6.19. The molecular weight excluding hydrogens is 334 g/mol. The maximum Gasteiger partial charge on any atom is 0.238 e. The van der Waals surface area contributed by atoms with E-state index in [9.17, 15) is 4.79 Å². The molecule has 0 bridgehead atoms. The number of aromatic nitrogens is 2. The molecule has 6 nitrogen and oxygen atoms in total. The summed E-state index contributed by atoms with van der Waals surface area (Å²) in [6.07, 6.45) is 2.73. The van der Waals surface area contributed by atoms with Crippen LogP contribution < -0.4 is 5.43 Å². The number of nitrogens with zero attached hydrogens (tertiary/aromatic N) is 4. The average Bonchev–Trinajstić information content (AvgIpc) is 3.12. The highest BCUT2D eigenvalue weighted by Gasteiger charge is 2.14. The molecule has 0 atom stereocenters. The molecule has 1 aromatic carbocycles. The van der Waals surface area contributed by atoms with Gasteiger partial charge in [0.05, 0.1) is 10.4 Å². The summed E-state index contributed by atoms with van der Waals surface area (Å²) in [5.41, 5.74) is 5.28. The lowest BCUT2D eigenvalue weighted by molar-refractivity contribution is 0.112. The summed E-state index contributed by atoms with van der Waals surface area (Å²) in [7, 11) is 2.13. The minimum Gasteiger partial charge on any atom is -0.304 e. The molecule has 0 unspecified atom stereocenters. The molecule has 25 heavy (non-hydrogen) atoms. The van der Waals surface area contributed by atoms with Gasteiger partial charge in [-0.2, -0.15) is 0 Å². The summed E-state index contributed by atoms with van der Waals surface area (Å²) in [6, 6.07) is 9.92. The molecule has 3 aromatic rings. The van der Waals surface area contributed by atoms with Gasteiger partial charge in [-0.1, -0.05) is 6.07 Å². The summed E-state index contributed by atoms with van der Waals surface area (Å²) in [5.74, 6) is 0.629. The van der Waals surface area contributed by atoms with Crippen LogP contribution >= 0.6 is 11.3 Å². The van der Waals surface area contributed by atoms with E-state index in [1.54, 1.807) is 0 Å². The van der Waals surface area contributed by atoms with E-state index in [0.29, 0.717) is 5.95 Å². The zero-order valence-electron chi connectivity index (χ0n) is 14.0. The van der Waals surface area contributed by atoms with E-state index in [1.807, 2.05) is 30.5 Å². The molecule has 1 aliphatic rings. The SMILES string of the molecule is CN1CCN(Nc2ncc3cc(-c4ccc(C=O)s4)ccc3n2)CC1. The van der Waals surface area contributed by atoms with Crippen molar-refractivity contribution in [2.24, 2.45) is 0 Å². The third-order valence-electron chi connectivity index (χ3n) is 4.37. The number of aldehydes is 1. The van der Waals surface area contributed by atoms with Gasteiger partial charge in [-0.3, -0.25) is 10.2 Å². The van der Waals surface area contributed by atoms with Crippen LogP contribution in [-0.2, 0) is 0 Å². The molecule has 0 radical (unpaired) electrons. The van der Waals surface area contributed by atoms with Gasteiger partial charge in [0, 0.05) is 42.6 Å². The van der Waals surface area contributed by atoms with E-state index >= 15 is 0 Å². The normalized spacial score (nSPS) is 16.2. The fourth-order valence-electron chi connectivity index (χ4n) is 2.87. The Hall–Kier alpha value is -2.35. The van der Waals surface area contributed by atoms with Crippen molar-refractivity contribution in [3.05, 3.63) is 41.4 Å². The lowest BCUT2D eigenvalue weighted by Crippen LogP contribution is -2.47. The highest BCUT2D eigenvalue weighted by molar-refractivity contribution is 7.17. The Morgan fingerprint density at radius 3 is 2.76 bits per heavy atom. The van der Waals surface area contributed by atoms with Crippen LogP contribution in [0.5, 0.6) is 0 Å². The number of hydrazine groups is 1. The molecule has 128 valence electrons. The van der Waals surface area contributed by atoms with Gasteiger partial charge in [-0.15, -0.1) is 11.3 Å². The summed E-state index contributed by atoms with van der Waals surface area (Å²) in [5, 5.41) is 3.14. The highest BCUT2D eigenvalue weighted by atomic mass is 32.1. The van der Waals surface area contributed by atoms with Crippen molar-refractivity contribution in [3.63, 3.8) is 0 Å². The van der Waals surface area contributed by atoms with Gasteiger partial charge in [-0.25, -0.2) is 15.0 Å². The molecule has 1 saturated heterocycles. The second-order valence-corrected chi connectivity index (χ2v) is 7.30. The molecule has 3 heterocycles. The lowest BCUT2D eigenvalue weighted by atomic mass is 10.1. The second kappa shape index (κ2) is 6.87. The minimum atomic E-state index is 0.629. The quantitative estimate of drug-likeness (QED) is 0.728. The number of carbonyl (C=O) groups excluding carboxylic acids is 1. The molecule has 2 aromatic heterocycles. The van der Waals surface area contributed by atoms with E-state index in [2.05, 4.69) is 38.4 Å². The van der Waals surface area contributed by atoms with Crippen molar-refractivity contribution in [2.75, 3.05) is 38.7 Å². The monoisotopic (exact) mass is 353 g/mol. The molecular formula is C18H19N5OS. The van der Waals surface area contributed by atoms with Gasteiger partial charge in [0.15, 0.2) is 6.29 Å². The van der Waals surface area contributed by atoms with Crippen LogP contribution in [0.25, 0.3) is 21.3 Å². The van der Waals surface area contributed by atoms with E-state index in [4.69, 9.17) is 0 Å². The number of fused-ring (bicyclic) bond motifs is 1. The standard InChI is InChI=1S/C18H19N5OS/c1-22-6-8-23(9-7-22)21-18-19-11-14-10-13(2-4-16(14)20-18)17-5-3-15(12-24)25-17/h2-5,10-12H,6-9H2,1H3,(H,19,20,21). The maximum absolute atomic E-state index is 10.9. The average molecular weight is 353 g/mol. The fourth-order valence-corrected chi connectivity index (χ4v) is 3.69.